The van der Waals surface area contributed by atoms with E-state index in [1.165, 1.54) is 33.8 Å². The minimum Gasteiger partial charge on any atom is -0.345 e. The molecule has 152 valence electrons. The first-order valence-corrected chi connectivity index (χ1v) is 11.8. The van der Waals surface area contributed by atoms with Gasteiger partial charge in [0.15, 0.2) is 5.13 Å². The maximum absolute atomic E-state index is 13.6. The molecule has 0 unspecified atom stereocenters. The Labute approximate surface area is 182 Å². The second-order valence-corrected chi connectivity index (χ2v) is 10.1. The van der Waals surface area contributed by atoms with Crippen LogP contribution < -0.4 is 4.90 Å². The van der Waals surface area contributed by atoms with Gasteiger partial charge in [-0.1, -0.05) is 35.3 Å². The Morgan fingerprint density at radius 2 is 1.76 bits per heavy atom. The van der Waals surface area contributed by atoms with Gasteiger partial charge in [0.05, 0.1) is 10.7 Å². The molecule has 0 spiro atoms. The fraction of sp³-hybridized carbons (Fsp3) is 0.211. The normalized spacial score (nSPS) is 15.6. The van der Waals surface area contributed by atoms with Crippen LogP contribution in [0.2, 0.25) is 10.0 Å². The first-order chi connectivity index (χ1) is 13.8. The molecule has 2 aromatic carbocycles. The number of thiazole rings is 1. The summed E-state index contributed by atoms with van der Waals surface area (Å²) in [4.78, 5) is 6.72. The Balaban J connectivity index is 1.48. The molecule has 0 saturated carbocycles. The van der Waals surface area contributed by atoms with Crippen LogP contribution in [-0.4, -0.2) is 43.9 Å². The summed E-state index contributed by atoms with van der Waals surface area (Å²) in [5, 5.41) is 3.13. The molecule has 5 nitrogen and oxygen atoms in total. The van der Waals surface area contributed by atoms with Gasteiger partial charge in [0.1, 0.15) is 10.7 Å². The smallest absolute Gasteiger partial charge is 0.244 e. The van der Waals surface area contributed by atoms with Crippen LogP contribution in [0.1, 0.15) is 0 Å². The van der Waals surface area contributed by atoms with Gasteiger partial charge in [0.2, 0.25) is 10.0 Å². The summed E-state index contributed by atoms with van der Waals surface area (Å²) in [7, 11) is -3.64. The van der Waals surface area contributed by atoms with Crippen molar-refractivity contribution in [3.63, 3.8) is 0 Å². The third kappa shape index (κ3) is 4.27. The van der Waals surface area contributed by atoms with Gasteiger partial charge in [-0.15, -0.1) is 11.3 Å². The molecule has 1 aliphatic rings. The van der Waals surface area contributed by atoms with Gasteiger partial charge in [0.25, 0.3) is 0 Å². The van der Waals surface area contributed by atoms with Gasteiger partial charge in [0, 0.05) is 42.1 Å². The van der Waals surface area contributed by atoms with E-state index < -0.39 is 15.8 Å². The minimum absolute atomic E-state index is 0.120. The number of halogens is 3. The standard InChI is InChI=1S/C19H16Cl2FN3O2S2/c20-14-9-13(10-15(22)11-14)17-12-28-19(23-17)24-5-7-25(8-6-24)29(26,27)18-4-2-1-3-16(18)21/h1-4,9-12H,5-8H2. The Morgan fingerprint density at radius 1 is 1.03 bits per heavy atom. The predicted molar refractivity (Wildman–Crippen MR) is 115 cm³/mol. The Kier molecular flexibility index (Phi) is 5.81. The van der Waals surface area contributed by atoms with Gasteiger partial charge >= 0.3 is 0 Å². The summed E-state index contributed by atoms with van der Waals surface area (Å²) in [5.74, 6) is -0.416. The van der Waals surface area contributed by atoms with E-state index in [0.717, 1.165) is 5.13 Å². The van der Waals surface area contributed by atoms with Gasteiger partial charge in [-0.25, -0.2) is 17.8 Å². The summed E-state index contributed by atoms with van der Waals surface area (Å²) >= 11 is 13.4. The first-order valence-electron chi connectivity index (χ1n) is 8.76. The number of sulfonamides is 1. The van der Waals surface area contributed by atoms with Crippen LogP contribution in [0.4, 0.5) is 9.52 Å². The van der Waals surface area contributed by atoms with Crippen LogP contribution in [0, 0.1) is 5.82 Å². The average Bonchev–Trinajstić information content (AvgIpc) is 3.18. The SMILES string of the molecule is O=S(=O)(c1ccccc1Cl)N1CCN(c2nc(-c3cc(F)cc(Cl)c3)cs2)CC1. The Morgan fingerprint density at radius 3 is 2.45 bits per heavy atom. The third-order valence-electron chi connectivity index (χ3n) is 4.61. The lowest BCUT2D eigenvalue weighted by Crippen LogP contribution is -2.48. The molecular formula is C19H16Cl2FN3O2S2. The van der Waals surface area contributed by atoms with Crippen molar-refractivity contribution in [2.75, 3.05) is 31.1 Å². The number of piperazine rings is 1. The zero-order valence-electron chi connectivity index (χ0n) is 15.1. The van der Waals surface area contributed by atoms with Gasteiger partial charge < -0.3 is 4.90 Å². The highest BCUT2D eigenvalue weighted by Crippen LogP contribution is 2.31. The lowest BCUT2D eigenvalue weighted by molar-refractivity contribution is 0.385. The molecule has 1 fully saturated rings. The van der Waals surface area contributed by atoms with Crippen molar-refractivity contribution in [1.29, 1.82) is 0 Å². The molecule has 29 heavy (non-hydrogen) atoms. The molecule has 1 aromatic heterocycles. The number of nitrogens with zero attached hydrogens (tertiary/aromatic N) is 3. The van der Waals surface area contributed by atoms with E-state index in [9.17, 15) is 12.8 Å². The predicted octanol–water partition coefficient (Wildman–Crippen LogP) is 4.77. The summed E-state index contributed by atoms with van der Waals surface area (Å²) < 4.78 is 40.8. The summed E-state index contributed by atoms with van der Waals surface area (Å²) in [5.41, 5.74) is 1.25. The molecule has 1 aliphatic heterocycles. The number of aromatic nitrogens is 1. The second kappa shape index (κ2) is 8.20. The van der Waals surface area contributed by atoms with Crippen molar-refractivity contribution >= 4 is 49.7 Å². The molecule has 0 amide bonds. The molecule has 0 bridgehead atoms. The molecule has 0 radical (unpaired) electrons. The van der Waals surface area contributed by atoms with E-state index in [1.54, 1.807) is 24.3 Å². The van der Waals surface area contributed by atoms with Crippen LogP contribution in [0.15, 0.2) is 52.7 Å². The quantitative estimate of drug-likeness (QED) is 0.549. The van der Waals surface area contributed by atoms with Crippen molar-refractivity contribution in [3.8, 4) is 11.3 Å². The molecular weight excluding hydrogens is 456 g/mol. The number of hydrogen-bond donors (Lipinski definition) is 0. The van der Waals surface area contributed by atoms with Crippen LogP contribution >= 0.6 is 34.5 Å². The summed E-state index contributed by atoms with van der Waals surface area (Å²) in [6.07, 6.45) is 0. The topological polar surface area (TPSA) is 53.5 Å². The Hall–Kier alpha value is -1.71. The highest BCUT2D eigenvalue weighted by Gasteiger charge is 2.30. The third-order valence-corrected chi connectivity index (χ3v) is 8.13. The van der Waals surface area contributed by atoms with Crippen LogP contribution in [0.5, 0.6) is 0 Å². The number of rotatable bonds is 4. The van der Waals surface area contributed by atoms with Gasteiger partial charge in [-0.2, -0.15) is 4.31 Å². The highest BCUT2D eigenvalue weighted by molar-refractivity contribution is 7.89. The van der Waals surface area contributed by atoms with E-state index in [-0.39, 0.29) is 9.92 Å². The zero-order chi connectivity index (χ0) is 20.6. The average molecular weight is 472 g/mol. The molecule has 0 aliphatic carbocycles. The highest BCUT2D eigenvalue weighted by atomic mass is 35.5. The first kappa shape index (κ1) is 20.6. The van der Waals surface area contributed by atoms with Crippen molar-refractivity contribution in [1.82, 2.24) is 9.29 Å². The molecule has 3 aromatic rings. The van der Waals surface area contributed by atoms with Crippen molar-refractivity contribution in [2.45, 2.75) is 4.90 Å². The van der Waals surface area contributed by atoms with Crippen molar-refractivity contribution < 1.29 is 12.8 Å². The fourth-order valence-corrected chi connectivity index (χ4v) is 6.18. The lowest BCUT2D eigenvalue weighted by Gasteiger charge is -2.33. The van der Waals surface area contributed by atoms with Crippen LogP contribution in [0.25, 0.3) is 11.3 Å². The van der Waals surface area contributed by atoms with Gasteiger partial charge in [-0.3, -0.25) is 0 Å². The lowest BCUT2D eigenvalue weighted by atomic mass is 10.2. The molecule has 2 heterocycles. The minimum atomic E-state index is -3.64. The largest absolute Gasteiger partial charge is 0.345 e. The van der Waals surface area contributed by atoms with E-state index in [0.29, 0.717) is 42.5 Å². The van der Waals surface area contributed by atoms with E-state index in [2.05, 4.69) is 4.98 Å². The maximum Gasteiger partial charge on any atom is 0.244 e. The monoisotopic (exact) mass is 471 g/mol. The number of anilines is 1. The molecule has 10 heteroatoms. The van der Waals surface area contributed by atoms with Gasteiger partial charge in [-0.05, 0) is 30.3 Å². The zero-order valence-corrected chi connectivity index (χ0v) is 18.2. The van der Waals surface area contributed by atoms with Crippen molar-refractivity contribution in [3.05, 3.63) is 63.7 Å². The summed E-state index contributed by atoms with van der Waals surface area (Å²) in [6.45, 7) is 1.66. The molecule has 0 atom stereocenters. The van der Waals surface area contributed by atoms with E-state index in [4.69, 9.17) is 23.2 Å². The fourth-order valence-electron chi connectivity index (χ4n) is 3.16. The Bertz CT molecular complexity index is 1130. The van der Waals surface area contributed by atoms with E-state index >= 15 is 0 Å². The maximum atomic E-state index is 13.6. The van der Waals surface area contributed by atoms with Crippen LogP contribution in [-0.2, 0) is 10.0 Å². The molecule has 1 saturated heterocycles. The van der Waals surface area contributed by atoms with Crippen molar-refractivity contribution in [2.24, 2.45) is 0 Å². The second-order valence-electron chi connectivity index (χ2n) is 6.49. The van der Waals surface area contributed by atoms with Crippen LogP contribution in [0.3, 0.4) is 0 Å². The number of benzene rings is 2. The molecule has 4 rings (SSSR count). The summed E-state index contributed by atoms with van der Waals surface area (Å²) in [6, 6.07) is 10.7. The molecule has 0 N–H and O–H groups in total. The number of hydrogen-bond acceptors (Lipinski definition) is 5. The van der Waals surface area contributed by atoms with E-state index in [1.807, 2.05) is 10.3 Å².